The molecule has 14 nitrogen and oxygen atoms in total. The molecule has 0 radical (unpaired) electrons. The summed E-state index contributed by atoms with van der Waals surface area (Å²) in [6, 6.07) is 10.3. The number of halogens is 2. The van der Waals surface area contributed by atoms with Gasteiger partial charge < -0.3 is 36.0 Å². The van der Waals surface area contributed by atoms with Crippen molar-refractivity contribution >= 4 is 35.5 Å². The Bertz CT molecular complexity index is 1870. The average molecular weight is 737 g/mol. The van der Waals surface area contributed by atoms with Gasteiger partial charge in [0.2, 0.25) is 17.7 Å². The van der Waals surface area contributed by atoms with E-state index in [1.807, 2.05) is 55.7 Å². The van der Waals surface area contributed by atoms with Gasteiger partial charge in [-0.3, -0.25) is 28.9 Å². The smallest absolute Gasteiger partial charge is 0.328 e. The number of nitrogens with two attached hydrogens (primary N) is 1. The first-order valence-electron chi connectivity index (χ1n) is 16.7. The van der Waals surface area contributed by atoms with E-state index in [-0.39, 0.29) is 25.1 Å². The van der Waals surface area contributed by atoms with Crippen LogP contribution in [0.15, 0.2) is 72.9 Å². The van der Waals surface area contributed by atoms with Gasteiger partial charge in [-0.1, -0.05) is 51.1 Å². The van der Waals surface area contributed by atoms with Crippen molar-refractivity contribution < 1.29 is 47.8 Å². The molecule has 1 aromatic heterocycles. The highest BCUT2D eigenvalue weighted by Gasteiger charge is 2.38. The third-order valence-corrected chi connectivity index (χ3v) is 8.57. The number of imide groups is 1. The Balaban J connectivity index is 1.56. The Hall–Kier alpha value is -5.74. The number of carbonyl (C=O) groups excluding carboxylic acids is 5. The van der Waals surface area contributed by atoms with Crippen LogP contribution in [-0.4, -0.2) is 98.4 Å². The van der Waals surface area contributed by atoms with E-state index in [1.54, 1.807) is 12.3 Å². The van der Waals surface area contributed by atoms with Crippen LogP contribution in [0.3, 0.4) is 0 Å². The summed E-state index contributed by atoms with van der Waals surface area (Å²) in [6.07, 6.45) is 3.44. The van der Waals surface area contributed by atoms with Crippen LogP contribution in [0.2, 0.25) is 0 Å². The SMILES string of the molecule is CC(C)(C)C(c1cc(-c2cc(F)ccc2F)cn1Cc1ccccc1)N(CCC(N)C(=O)NC(CNC(=O)CN1C(=O)C=CC1=O)C(=O)O)C(=O)CO. The molecule has 1 aliphatic heterocycles. The predicted octanol–water partition coefficient (Wildman–Crippen LogP) is 1.72. The zero-order valence-electron chi connectivity index (χ0n) is 29.4. The van der Waals surface area contributed by atoms with Crippen LogP contribution in [-0.2, 0) is 35.3 Å². The molecule has 6 N–H and O–H groups in total. The van der Waals surface area contributed by atoms with Crippen LogP contribution in [0, 0.1) is 17.0 Å². The molecule has 3 unspecified atom stereocenters. The van der Waals surface area contributed by atoms with Crippen LogP contribution in [0.5, 0.6) is 0 Å². The average Bonchev–Trinajstić information content (AvgIpc) is 3.65. The summed E-state index contributed by atoms with van der Waals surface area (Å²) in [7, 11) is 0. The molecule has 53 heavy (non-hydrogen) atoms. The lowest BCUT2D eigenvalue weighted by atomic mass is 9.82. The molecule has 0 aliphatic carbocycles. The molecular formula is C37H42F2N6O8. The topological polar surface area (TPSA) is 204 Å². The molecule has 1 aliphatic rings. The maximum Gasteiger partial charge on any atom is 0.328 e. The summed E-state index contributed by atoms with van der Waals surface area (Å²) < 4.78 is 31.1. The molecular weight excluding hydrogens is 694 g/mol. The summed E-state index contributed by atoms with van der Waals surface area (Å²) in [5, 5.41) is 24.2. The van der Waals surface area contributed by atoms with E-state index in [0.29, 0.717) is 16.2 Å². The number of hydrogen-bond acceptors (Lipinski definition) is 8. The normalized spacial score (nSPS) is 14.5. The van der Waals surface area contributed by atoms with Gasteiger partial charge in [-0.05, 0) is 41.7 Å². The van der Waals surface area contributed by atoms with Gasteiger partial charge in [-0.15, -0.1) is 0 Å². The highest BCUT2D eigenvalue weighted by molar-refractivity contribution is 6.14. The third-order valence-electron chi connectivity index (χ3n) is 8.57. The van der Waals surface area contributed by atoms with Crippen molar-refractivity contribution in [1.82, 2.24) is 25.0 Å². The van der Waals surface area contributed by atoms with Crippen molar-refractivity contribution in [3.8, 4) is 11.1 Å². The Morgan fingerprint density at radius 1 is 0.981 bits per heavy atom. The Labute approximate surface area is 304 Å². The molecule has 0 saturated carbocycles. The van der Waals surface area contributed by atoms with E-state index in [1.165, 1.54) is 4.90 Å². The number of rotatable bonds is 16. The fourth-order valence-electron chi connectivity index (χ4n) is 5.99. The van der Waals surface area contributed by atoms with Crippen LogP contribution in [0.25, 0.3) is 11.1 Å². The van der Waals surface area contributed by atoms with E-state index in [2.05, 4.69) is 10.6 Å². The first-order valence-corrected chi connectivity index (χ1v) is 16.7. The number of aliphatic hydroxyl groups is 1. The molecule has 2 heterocycles. The Morgan fingerprint density at radius 2 is 1.64 bits per heavy atom. The number of aliphatic carboxylic acids is 1. The van der Waals surface area contributed by atoms with E-state index in [0.717, 1.165) is 35.9 Å². The zero-order valence-corrected chi connectivity index (χ0v) is 29.4. The molecule has 0 spiro atoms. The second-order valence-electron chi connectivity index (χ2n) is 13.6. The lowest BCUT2D eigenvalue weighted by Gasteiger charge is -2.41. The minimum atomic E-state index is -1.64. The number of amides is 5. The highest BCUT2D eigenvalue weighted by Crippen LogP contribution is 2.41. The second-order valence-corrected chi connectivity index (χ2v) is 13.6. The first kappa shape index (κ1) is 40.0. The molecule has 0 bridgehead atoms. The number of carboxylic acid groups (broad SMARTS) is 1. The van der Waals surface area contributed by atoms with Gasteiger partial charge in [-0.2, -0.15) is 0 Å². The zero-order chi connectivity index (χ0) is 39.0. The van der Waals surface area contributed by atoms with Crippen molar-refractivity contribution in [3.63, 3.8) is 0 Å². The molecule has 282 valence electrons. The van der Waals surface area contributed by atoms with E-state index in [9.17, 15) is 43.4 Å². The summed E-state index contributed by atoms with van der Waals surface area (Å²) in [5.74, 6) is -6.67. The number of carboxylic acids is 1. The van der Waals surface area contributed by atoms with Crippen molar-refractivity contribution in [2.24, 2.45) is 11.1 Å². The molecule has 2 aromatic carbocycles. The number of hydrogen-bond donors (Lipinski definition) is 5. The molecule has 16 heteroatoms. The predicted molar refractivity (Wildman–Crippen MR) is 187 cm³/mol. The van der Waals surface area contributed by atoms with Crippen LogP contribution in [0.1, 0.15) is 44.5 Å². The van der Waals surface area contributed by atoms with E-state index in [4.69, 9.17) is 5.73 Å². The maximum absolute atomic E-state index is 15.0. The van der Waals surface area contributed by atoms with Gasteiger partial charge in [0.25, 0.3) is 11.8 Å². The monoisotopic (exact) mass is 736 g/mol. The first-order chi connectivity index (χ1) is 25.0. The quantitative estimate of drug-likeness (QED) is 0.136. The largest absolute Gasteiger partial charge is 0.480 e. The van der Waals surface area contributed by atoms with Crippen LogP contribution >= 0.6 is 0 Å². The summed E-state index contributed by atoms with van der Waals surface area (Å²) in [4.78, 5) is 76.2. The number of carbonyl (C=O) groups is 6. The second kappa shape index (κ2) is 17.2. The van der Waals surface area contributed by atoms with Gasteiger partial charge in [-0.25, -0.2) is 13.6 Å². The van der Waals surface area contributed by atoms with Gasteiger partial charge in [0.05, 0.1) is 12.1 Å². The van der Waals surface area contributed by atoms with E-state index < -0.39 is 90.4 Å². The van der Waals surface area contributed by atoms with Crippen molar-refractivity contribution in [1.29, 1.82) is 0 Å². The molecule has 0 saturated heterocycles. The third kappa shape index (κ3) is 10.2. The Kier molecular flexibility index (Phi) is 13.0. The van der Waals surface area contributed by atoms with Gasteiger partial charge in [0.1, 0.15) is 30.8 Å². The summed E-state index contributed by atoms with van der Waals surface area (Å²) in [5.41, 5.74) is 7.18. The summed E-state index contributed by atoms with van der Waals surface area (Å²) >= 11 is 0. The Morgan fingerprint density at radius 3 is 2.25 bits per heavy atom. The highest BCUT2D eigenvalue weighted by atomic mass is 19.1. The van der Waals surface area contributed by atoms with Crippen molar-refractivity contribution in [3.05, 3.63) is 95.8 Å². The molecule has 5 amide bonds. The molecule has 3 aromatic rings. The van der Waals surface area contributed by atoms with Crippen LogP contribution < -0.4 is 16.4 Å². The van der Waals surface area contributed by atoms with Crippen molar-refractivity contribution in [2.75, 3.05) is 26.2 Å². The van der Waals surface area contributed by atoms with Crippen LogP contribution in [0.4, 0.5) is 8.78 Å². The lowest BCUT2D eigenvalue weighted by Crippen LogP contribution is -2.54. The van der Waals surface area contributed by atoms with Gasteiger partial charge in [0, 0.05) is 54.8 Å². The number of aromatic nitrogens is 1. The molecule has 3 atom stereocenters. The molecule has 0 fully saturated rings. The number of nitrogens with zero attached hydrogens (tertiary/aromatic N) is 3. The number of benzene rings is 2. The van der Waals surface area contributed by atoms with Gasteiger partial charge in [0.15, 0.2) is 0 Å². The fourth-order valence-corrected chi connectivity index (χ4v) is 5.99. The number of nitrogens with one attached hydrogen (secondary N) is 2. The number of aliphatic hydroxyl groups excluding tert-OH is 1. The van der Waals surface area contributed by atoms with E-state index >= 15 is 4.39 Å². The van der Waals surface area contributed by atoms with Crippen molar-refractivity contribution in [2.45, 2.75) is 51.9 Å². The fraction of sp³-hybridized carbons (Fsp3) is 0.351. The maximum atomic E-state index is 15.0. The molecule has 4 rings (SSSR count). The summed E-state index contributed by atoms with van der Waals surface area (Å²) in [6.45, 7) is 3.51. The standard InChI is InChI=1S/C37H42F2N6O8/c1-37(2,3)34(29-15-23(25-16-24(38)9-10-26(25)39)19-43(29)18-22-7-5-4-6-8-22)44(33(50)21-46)14-13-27(40)35(51)42-28(36(52)53)17-41-30(47)20-45-31(48)11-12-32(45)49/h4-12,15-16,19,27-28,34,46H,13-14,17-18,20-21,40H2,1-3H3,(H,41,47)(H,42,51)(H,52,53). The van der Waals surface area contributed by atoms with Gasteiger partial charge >= 0.3 is 5.97 Å². The minimum Gasteiger partial charge on any atom is -0.480 e. The lowest BCUT2D eigenvalue weighted by molar-refractivity contribution is -0.143. The minimum absolute atomic E-state index is 0.00338.